The molecule has 304 valence electrons. The Morgan fingerprint density at radius 2 is 0.900 bits per heavy atom. The number of benzene rings is 6. The maximum Gasteiger partial charge on any atom is 0.288 e. The molecule has 0 amide bonds. The molecule has 3 nitrogen and oxygen atoms in total. The summed E-state index contributed by atoms with van der Waals surface area (Å²) in [6.45, 7) is 2.80. The molecule has 0 saturated heterocycles. The molecule has 4 aliphatic carbocycles. The van der Waals surface area contributed by atoms with Gasteiger partial charge in [0.2, 0.25) is 0 Å². The largest absolute Gasteiger partial charge is 0.401 e. The van der Waals surface area contributed by atoms with Gasteiger partial charge in [0.15, 0.2) is 0 Å². The Hall–Kier alpha value is -4.63. The van der Waals surface area contributed by atoms with Crippen molar-refractivity contribution >= 4 is 47.8 Å². The van der Waals surface area contributed by atoms with Crippen LogP contribution in [-0.4, -0.2) is 40.6 Å². The number of aliphatic hydroxyl groups excluding tert-OH is 1. The van der Waals surface area contributed by atoms with Crippen LogP contribution < -0.4 is 31.1 Å². The van der Waals surface area contributed by atoms with Crippen LogP contribution in [0.1, 0.15) is 58.3 Å². The van der Waals surface area contributed by atoms with Crippen molar-refractivity contribution in [3.8, 4) is 0 Å². The number of hydrogen-bond donors (Lipinski definition) is 1. The smallest absolute Gasteiger partial charge is 0.288 e. The molecule has 4 aliphatic rings. The molecule has 0 aliphatic heterocycles. The second kappa shape index (κ2) is 16.3. The summed E-state index contributed by atoms with van der Waals surface area (Å²) in [6.07, 6.45) is 11.3. The lowest BCUT2D eigenvalue weighted by Crippen LogP contribution is -2.71. The predicted molar refractivity (Wildman–Crippen MR) is 251 cm³/mol. The molecule has 1 N–H and O–H groups in total. The fraction of sp³-hybridized carbons (Fsp3) is 0.309. The molecule has 0 heterocycles. The van der Waals surface area contributed by atoms with Gasteiger partial charge in [-0.05, 0) is 106 Å². The highest BCUT2D eigenvalue weighted by Gasteiger charge is 2.62. The summed E-state index contributed by atoms with van der Waals surface area (Å²) in [6, 6.07) is 66.3. The third-order valence-corrected chi connectivity index (χ3v) is 23.9. The van der Waals surface area contributed by atoms with Gasteiger partial charge < -0.3 is 14.0 Å². The van der Waals surface area contributed by atoms with Gasteiger partial charge in [0, 0.05) is 5.41 Å². The maximum absolute atomic E-state index is 11.7. The van der Waals surface area contributed by atoms with Crippen molar-refractivity contribution in [1.82, 2.24) is 0 Å². The second-order valence-electron chi connectivity index (χ2n) is 18.4. The van der Waals surface area contributed by atoms with Crippen LogP contribution >= 0.6 is 0 Å². The molecule has 3 saturated carbocycles. The van der Waals surface area contributed by atoms with Crippen molar-refractivity contribution in [3.63, 3.8) is 0 Å². The topological polar surface area (TPSA) is 38.7 Å². The predicted octanol–water partition coefficient (Wildman–Crippen LogP) is 8.03. The van der Waals surface area contributed by atoms with E-state index in [-0.39, 0.29) is 29.6 Å². The molecule has 0 aromatic heterocycles. The van der Waals surface area contributed by atoms with E-state index in [1.165, 1.54) is 49.5 Å². The van der Waals surface area contributed by atoms with Crippen molar-refractivity contribution in [2.24, 2.45) is 28.6 Å². The molecule has 5 heteroatoms. The number of fused-ring (bicyclic) bond motifs is 5. The van der Waals surface area contributed by atoms with Crippen LogP contribution in [0.4, 0.5) is 0 Å². The third-order valence-electron chi connectivity index (χ3n) is 15.7. The van der Waals surface area contributed by atoms with E-state index in [0.717, 1.165) is 38.5 Å². The van der Waals surface area contributed by atoms with Gasteiger partial charge in [-0.2, -0.15) is 0 Å². The molecule has 0 spiro atoms. The van der Waals surface area contributed by atoms with Crippen molar-refractivity contribution in [1.29, 1.82) is 0 Å². The normalized spacial score (nSPS) is 27.6. The fourth-order valence-corrected chi connectivity index (χ4v) is 21.2. The van der Waals surface area contributed by atoms with E-state index in [0.29, 0.717) is 17.8 Å². The average Bonchev–Trinajstić information content (AvgIpc) is 3.66. The Morgan fingerprint density at radius 3 is 1.32 bits per heavy atom. The summed E-state index contributed by atoms with van der Waals surface area (Å²) >= 11 is 0. The van der Waals surface area contributed by atoms with Crippen molar-refractivity contribution in [3.05, 3.63) is 194 Å². The lowest BCUT2D eigenvalue weighted by Gasteiger charge is -2.59. The highest BCUT2D eigenvalue weighted by Crippen LogP contribution is 2.66. The molecule has 7 atom stereocenters. The van der Waals surface area contributed by atoms with E-state index in [1.54, 1.807) is 0 Å². The van der Waals surface area contributed by atoms with Gasteiger partial charge in [-0.15, -0.1) is 0 Å². The Morgan fingerprint density at radius 1 is 0.483 bits per heavy atom. The maximum atomic E-state index is 11.7. The summed E-state index contributed by atoms with van der Waals surface area (Å²) in [5, 5.41) is 19.4. The monoisotopic (exact) mass is 822 g/mol. The van der Waals surface area contributed by atoms with Crippen LogP contribution in [0.25, 0.3) is 0 Å². The molecule has 6 aromatic carbocycles. The number of aliphatic hydroxyl groups is 1. The van der Waals surface area contributed by atoms with Crippen molar-refractivity contribution < 1.29 is 14.0 Å². The van der Waals surface area contributed by atoms with Gasteiger partial charge in [0.1, 0.15) is 0 Å². The molecule has 0 bridgehead atoms. The van der Waals surface area contributed by atoms with E-state index in [4.69, 9.17) is 8.85 Å². The summed E-state index contributed by atoms with van der Waals surface area (Å²) in [5.74, 6) is 1.62. The van der Waals surface area contributed by atoms with Gasteiger partial charge >= 0.3 is 0 Å². The zero-order valence-corrected chi connectivity index (χ0v) is 36.9. The van der Waals surface area contributed by atoms with Gasteiger partial charge in [-0.3, -0.25) is 0 Å². The lowest BCUT2D eigenvalue weighted by molar-refractivity contribution is -0.0891. The van der Waals surface area contributed by atoms with Gasteiger partial charge in [-0.1, -0.05) is 201 Å². The first-order valence-corrected chi connectivity index (χ1v) is 26.3. The zero-order chi connectivity index (χ0) is 40.6. The minimum absolute atomic E-state index is 0.0198. The quantitative estimate of drug-likeness (QED) is 0.0818. The summed E-state index contributed by atoms with van der Waals surface area (Å²) in [5.41, 5.74) is 1.34. The minimum Gasteiger partial charge on any atom is -0.401 e. The van der Waals surface area contributed by atoms with Crippen LogP contribution in [0, 0.1) is 28.6 Å². The molecule has 0 radical (unpaired) electrons. The summed E-state index contributed by atoms with van der Waals surface area (Å²) in [4.78, 5) is 0. The summed E-state index contributed by atoms with van der Waals surface area (Å²) in [7, 11) is -5.75. The lowest BCUT2D eigenvalue weighted by atomic mass is 9.47. The highest BCUT2D eigenvalue weighted by atomic mass is 28.4. The third kappa shape index (κ3) is 6.47. The number of hydrogen-bond acceptors (Lipinski definition) is 3. The van der Waals surface area contributed by atoms with Crippen LogP contribution in [0.5, 0.6) is 0 Å². The molecule has 60 heavy (non-hydrogen) atoms. The zero-order valence-electron chi connectivity index (χ0n) is 34.9. The second-order valence-corrected chi connectivity index (χ2v) is 25.1. The van der Waals surface area contributed by atoms with E-state index in [1.807, 2.05) is 0 Å². The molecule has 0 unspecified atom stereocenters. The first-order valence-electron chi connectivity index (χ1n) is 22.5. The van der Waals surface area contributed by atoms with Crippen LogP contribution in [0.2, 0.25) is 0 Å². The van der Waals surface area contributed by atoms with E-state index in [9.17, 15) is 5.11 Å². The summed E-state index contributed by atoms with van der Waals surface area (Å²) < 4.78 is 15.7. The first-order chi connectivity index (χ1) is 29.5. The highest BCUT2D eigenvalue weighted by molar-refractivity contribution is 7.07. The number of rotatable bonds is 11. The van der Waals surface area contributed by atoms with Crippen LogP contribution in [0.15, 0.2) is 194 Å². The van der Waals surface area contributed by atoms with Gasteiger partial charge in [0.25, 0.3) is 16.6 Å². The Labute approximate surface area is 359 Å². The molecular weight excluding hydrogens is 765 g/mol. The standard InChI is InChI=1S/C55H58O3Si2/c1-54-38-37-52-50(51(54)34-35-53(54)58-60(47-26-14-5-15-27-47,48-28-16-6-17-29-48)49-30-18-7-19-31-49)33-32-42-40-43(36-39-55(42,52)41-56)57-59(44-20-8-2-9-21-44,45-22-10-3-11-23-45)46-24-12-4-13-25-46/h2-31,40,43,50-53,56H,32-39,41H2,1H3/t43-,50-,51-,52-,53-,54-,55+/m0/s1. The van der Waals surface area contributed by atoms with Crippen molar-refractivity contribution in [2.45, 2.75) is 70.5 Å². The Kier molecular flexibility index (Phi) is 10.8. The Balaban J connectivity index is 0.970. The fourth-order valence-electron chi connectivity index (χ4n) is 12.9. The molecule has 10 rings (SSSR count). The van der Waals surface area contributed by atoms with Crippen LogP contribution in [-0.2, 0) is 8.85 Å². The average molecular weight is 823 g/mol. The molecule has 6 aromatic rings. The SMILES string of the molecule is C[C@]12CC[C@H]3[C@@H](CCC4=C[C@@H](O[Si](c5ccccc5)(c5ccccc5)c5ccccc5)CC[C@@]43CO)[C@@H]1CC[C@@H]2O[Si](c1ccccc1)(c1ccccc1)c1ccccc1. The first kappa shape index (κ1) is 39.5. The molecular formula is C55H58O3Si2. The van der Waals surface area contributed by atoms with E-state index < -0.39 is 16.6 Å². The van der Waals surface area contributed by atoms with Crippen LogP contribution in [0.3, 0.4) is 0 Å². The van der Waals surface area contributed by atoms with Gasteiger partial charge in [-0.25, -0.2) is 0 Å². The van der Waals surface area contributed by atoms with Crippen molar-refractivity contribution in [2.75, 3.05) is 6.61 Å². The van der Waals surface area contributed by atoms with Gasteiger partial charge in [0.05, 0.1) is 18.8 Å². The minimum atomic E-state index is -2.88. The Bertz CT molecular complexity index is 2180. The van der Waals surface area contributed by atoms with E-state index in [2.05, 4.69) is 195 Å². The van der Waals surface area contributed by atoms with E-state index >= 15 is 0 Å². The molecule has 3 fully saturated rings.